The van der Waals surface area contributed by atoms with Gasteiger partial charge in [-0.2, -0.15) is 11.8 Å². The minimum Gasteiger partial charge on any atom is -0.480 e. The summed E-state index contributed by atoms with van der Waals surface area (Å²) in [4.78, 5) is 10.7. The number of hydrogen-bond donors (Lipinski definition) is 2. The van der Waals surface area contributed by atoms with E-state index in [0.717, 1.165) is 12.2 Å². The summed E-state index contributed by atoms with van der Waals surface area (Å²) in [6.45, 7) is 1.89. The van der Waals surface area contributed by atoms with Crippen molar-refractivity contribution in [2.45, 2.75) is 30.6 Å². The van der Waals surface area contributed by atoms with E-state index < -0.39 is 11.5 Å². The number of carboxylic acid groups (broad SMARTS) is 1. The van der Waals surface area contributed by atoms with Crippen LogP contribution < -0.4 is 5.73 Å². The van der Waals surface area contributed by atoms with Gasteiger partial charge in [0, 0.05) is 5.25 Å². The number of hydrogen-bond acceptors (Lipinski definition) is 3. The zero-order chi connectivity index (χ0) is 8.48. The minimum absolute atomic E-state index is 0.0359. The number of rotatable bonds is 1. The van der Waals surface area contributed by atoms with E-state index in [2.05, 4.69) is 0 Å². The number of carboxylic acids is 1. The molecule has 64 valence electrons. The molecule has 0 aliphatic carbocycles. The highest BCUT2D eigenvalue weighted by molar-refractivity contribution is 8.00. The maximum absolute atomic E-state index is 10.7. The van der Waals surface area contributed by atoms with E-state index in [9.17, 15) is 4.79 Å². The average Bonchev–Trinajstić information content (AvgIpc) is 1.95. The lowest BCUT2D eigenvalue weighted by atomic mass is 9.91. The van der Waals surface area contributed by atoms with Gasteiger partial charge in [0.25, 0.3) is 0 Å². The van der Waals surface area contributed by atoms with Crippen molar-refractivity contribution in [3.05, 3.63) is 0 Å². The molecular formula is C7H13NO2S. The molecule has 1 aliphatic heterocycles. The summed E-state index contributed by atoms with van der Waals surface area (Å²) in [5, 5.41) is 8.87. The SMILES string of the molecule is CC1SCCCC1(N)C(=O)O. The standard InChI is InChI=1S/C7H13NO2S/c1-5-7(8,6(9)10)3-2-4-11-5/h5H,2-4,8H2,1H3,(H,9,10). The second kappa shape index (κ2) is 3.03. The highest BCUT2D eigenvalue weighted by Gasteiger charge is 2.41. The molecule has 11 heavy (non-hydrogen) atoms. The zero-order valence-electron chi connectivity index (χ0n) is 6.54. The van der Waals surface area contributed by atoms with Crippen LogP contribution in [0, 0.1) is 0 Å². The second-order valence-electron chi connectivity index (χ2n) is 2.96. The van der Waals surface area contributed by atoms with Gasteiger partial charge in [0.05, 0.1) is 0 Å². The summed E-state index contributed by atoms with van der Waals surface area (Å²) in [6.07, 6.45) is 1.52. The summed E-state index contributed by atoms with van der Waals surface area (Å²) in [6, 6.07) is 0. The number of carbonyl (C=O) groups is 1. The van der Waals surface area contributed by atoms with Crippen LogP contribution in [0.15, 0.2) is 0 Å². The highest BCUT2D eigenvalue weighted by atomic mass is 32.2. The predicted molar refractivity (Wildman–Crippen MR) is 45.7 cm³/mol. The van der Waals surface area contributed by atoms with E-state index in [1.807, 2.05) is 6.92 Å². The third-order valence-corrected chi connectivity index (χ3v) is 3.67. The number of aliphatic carboxylic acids is 1. The van der Waals surface area contributed by atoms with E-state index in [1.54, 1.807) is 11.8 Å². The summed E-state index contributed by atoms with van der Waals surface area (Å²) < 4.78 is 0. The molecule has 0 radical (unpaired) electrons. The van der Waals surface area contributed by atoms with Crippen LogP contribution in [0.4, 0.5) is 0 Å². The van der Waals surface area contributed by atoms with Crippen molar-refractivity contribution in [1.82, 2.24) is 0 Å². The minimum atomic E-state index is -0.983. The first kappa shape index (κ1) is 8.87. The fourth-order valence-electron chi connectivity index (χ4n) is 1.26. The van der Waals surface area contributed by atoms with Crippen LogP contribution in [-0.2, 0) is 4.79 Å². The largest absolute Gasteiger partial charge is 0.480 e. The fourth-order valence-corrected chi connectivity index (χ4v) is 2.44. The highest BCUT2D eigenvalue weighted by Crippen LogP contribution is 2.32. The maximum atomic E-state index is 10.7. The van der Waals surface area contributed by atoms with Crippen molar-refractivity contribution >= 4 is 17.7 Å². The Kier molecular flexibility index (Phi) is 2.44. The van der Waals surface area contributed by atoms with Crippen molar-refractivity contribution < 1.29 is 9.90 Å². The fraction of sp³-hybridized carbons (Fsp3) is 0.857. The monoisotopic (exact) mass is 175 g/mol. The van der Waals surface area contributed by atoms with Crippen molar-refractivity contribution in [1.29, 1.82) is 0 Å². The Balaban J connectivity index is 2.72. The van der Waals surface area contributed by atoms with E-state index >= 15 is 0 Å². The van der Waals surface area contributed by atoms with Crippen LogP contribution in [0.1, 0.15) is 19.8 Å². The van der Waals surface area contributed by atoms with Crippen molar-refractivity contribution in [2.24, 2.45) is 5.73 Å². The zero-order valence-corrected chi connectivity index (χ0v) is 7.36. The van der Waals surface area contributed by atoms with Gasteiger partial charge in [-0.15, -0.1) is 0 Å². The lowest BCUT2D eigenvalue weighted by Crippen LogP contribution is -2.56. The molecule has 0 bridgehead atoms. The van der Waals surface area contributed by atoms with Gasteiger partial charge in [-0.3, -0.25) is 4.79 Å². The predicted octanol–water partition coefficient (Wildman–Crippen LogP) is 0.684. The molecule has 0 aromatic rings. The lowest BCUT2D eigenvalue weighted by Gasteiger charge is -2.34. The Bertz CT molecular complexity index is 174. The molecular weight excluding hydrogens is 162 g/mol. The Labute approximate surface area is 70.3 Å². The Morgan fingerprint density at radius 3 is 2.82 bits per heavy atom. The topological polar surface area (TPSA) is 63.3 Å². The summed E-state index contributed by atoms with van der Waals surface area (Å²) in [5.41, 5.74) is 4.74. The van der Waals surface area contributed by atoms with Crippen molar-refractivity contribution in [2.75, 3.05) is 5.75 Å². The van der Waals surface area contributed by atoms with Gasteiger partial charge < -0.3 is 10.8 Å². The molecule has 1 fully saturated rings. The van der Waals surface area contributed by atoms with Crippen LogP contribution in [0.3, 0.4) is 0 Å². The van der Waals surface area contributed by atoms with E-state index in [-0.39, 0.29) is 5.25 Å². The third-order valence-electron chi connectivity index (χ3n) is 2.23. The molecule has 0 aromatic carbocycles. The molecule has 0 amide bonds. The van der Waals surface area contributed by atoms with Gasteiger partial charge in [0.15, 0.2) is 0 Å². The molecule has 1 aliphatic rings. The van der Waals surface area contributed by atoms with Gasteiger partial charge >= 0.3 is 5.97 Å². The van der Waals surface area contributed by atoms with Crippen LogP contribution >= 0.6 is 11.8 Å². The average molecular weight is 175 g/mol. The van der Waals surface area contributed by atoms with E-state index in [1.165, 1.54) is 0 Å². The van der Waals surface area contributed by atoms with Crippen LogP contribution in [-0.4, -0.2) is 27.6 Å². The molecule has 3 nitrogen and oxygen atoms in total. The molecule has 0 aromatic heterocycles. The van der Waals surface area contributed by atoms with Gasteiger partial charge in [0.1, 0.15) is 5.54 Å². The molecule has 3 N–H and O–H groups in total. The summed E-state index contributed by atoms with van der Waals surface area (Å²) >= 11 is 1.65. The van der Waals surface area contributed by atoms with Gasteiger partial charge in [-0.05, 0) is 18.6 Å². The second-order valence-corrected chi connectivity index (χ2v) is 4.41. The first-order valence-corrected chi connectivity index (χ1v) is 4.76. The smallest absolute Gasteiger partial charge is 0.324 e. The van der Waals surface area contributed by atoms with Crippen LogP contribution in [0.25, 0.3) is 0 Å². The third kappa shape index (κ3) is 1.51. The quantitative estimate of drug-likeness (QED) is 0.615. The first-order valence-electron chi connectivity index (χ1n) is 3.71. The molecule has 1 rings (SSSR count). The molecule has 2 unspecified atom stereocenters. The van der Waals surface area contributed by atoms with Gasteiger partial charge in [0.2, 0.25) is 0 Å². The Hall–Kier alpha value is -0.220. The maximum Gasteiger partial charge on any atom is 0.324 e. The molecule has 1 saturated heterocycles. The van der Waals surface area contributed by atoms with Crippen LogP contribution in [0.5, 0.6) is 0 Å². The number of thioether (sulfide) groups is 1. The molecule has 0 spiro atoms. The van der Waals surface area contributed by atoms with Crippen molar-refractivity contribution in [3.63, 3.8) is 0 Å². The Morgan fingerprint density at radius 1 is 1.82 bits per heavy atom. The molecule has 2 atom stereocenters. The normalized spacial score (nSPS) is 38.5. The van der Waals surface area contributed by atoms with Crippen molar-refractivity contribution in [3.8, 4) is 0 Å². The summed E-state index contributed by atoms with van der Waals surface area (Å²) in [5.74, 6) is 0.171. The summed E-state index contributed by atoms with van der Waals surface area (Å²) in [7, 11) is 0. The van der Waals surface area contributed by atoms with Crippen LogP contribution in [0.2, 0.25) is 0 Å². The number of nitrogens with two attached hydrogens (primary N) is 1. The Morgan fingerprint density at radius 2 is 2.45 bits per heavy atom. The first-order chi connectivity index (χ1) is 5.07. The van der Waals surface area contributed by atoms with Gasteiger partial charge in [-0.1, -0.05) is 6.92 Å². The van der Waals surface area contributed by atoms with E-state index in [0.29, 0.717) is 6.42 Å². The molecule has 4 heteroatoms. The lowest BCUT2D eigenvalue weighted by molar-refractivity contribution is -0.143. The molecule has 1 heterocycles. The van der Waals surface area contributed by atoms with E-state index in [4.69, 9.17) is 10.8 Å². The van der Waals surface area contributed by atoms with Gasteiger partial charge in [-0.25, -0.2) is 0 Å². The molecule has 0 saturated carbocycles.